The van der Waals surface area contributed by atoms with Gasteiger partial charge in [-0.25, -0.2) is 4.98 Å². The zero-order valence-electron chi connectivity index (χ0n) is 12.5. The summed E-state index contributed by atoms with van der Waals surface area (Å²) in [6, 6.07) is 15.9. The Morgan fingerprint density at radius 2 is 1.86 bits per heavy atom. The average molecular weight is 310 g/mol. The molecule has 0 spiro atoms. The van der Waals surface area contributed by atoms with Crippen LogP contribution in [0.3, 0.4) is 0 Å². The minimum Gasteiger partial charge on any atom is -0.493 e. The van der Waals surface area contributed by atoms with Crippen molar-refractivity contribution in [2.45, 2.75) is 13.3 Å². The number of anilines is 1. The van der Waals surface area contributed by atoms with Crippen LogP contribution in [0.15, 0.2) is 53.9 Å². The Labute approximate surface area is 134 Å². The molecule has 0 saturated heterocycles. The number of aryl methyl sites for hydroxylation is 1. The van der Waals surface area contributed by atoms with E-state index in [1.807, 2.05) is 42.5 Å². The van der Waals surface area contributed by atoms with Gasteiger partial charge < -0.3 is 10.5 Å². The number of hydrogen-bond acceptors (Lipinski definition) is 4. The maximum atomic E-state index is 5.82. The van der Waals surface area contributed by atoms with Crippen LogP contribution in [0.5, 0.6) is 5.75 Å². The first kappa shape index (κ1) is 14.6. The number of rotatable bonds is 5. The first-order valence-electron chi connectivity index (χ1n) is 7.21. The quantitative estimate of drug-likeness (QED) is 0.714. The standard InChI is InChI=1S/C18H18N2OS/c1-13-4-2-3-5-17(13)21-11-10-18-20-16(12-22-18)14-6-8-15(19)9-7-14/h2-9,12H,10-11,19H2,1H3. The van der Waals surface area contributed by atoms with Gasteiger partial charge in [-0.2, -0.15) is 0 Å². The van der Waals surface area contributed by atoms with Gasteiger partial charge >= 0.3 is 0 Å². The molecular formula is C18H18N2OS. The van der Waals surface area contributed by atoms with Crippen molar-refractivity contribution < 1.29 is 4.74 Å². The van der Waals surface area contributed by atoms with Crippen molar-refractivity contribution in [1.29, 1.82) is 0 Å². The zero-order valence-corrected chi connectivity index (χ0v) is 13.3. The lowest BCUT2D eigenvalue weighted by atomic mass is 10.1. The third-order valence-corrected chi connectivity index (χ3v) is 4.33. The van der Waals surface area contributed by atoms with Crippen LogP contribution in [0, 0.1) is 6.92 Å². The first-order chi connectivity index (χ1) is 10.7. The van der Waals surface area contributed by atoms with E-state index >= 15 is 0 Å². The number of nitrogen functional groups attached to an aromatic ring is 1. The highest BCUT2D eigenvalue weighted by atomic mass is 32.1. The van der Waals surface area contributed by atoms with Crippen LogP contribution >= 0.6 is 11.3 Å². The normalized spacial score (nSPS) is 10.6. The fraction of sp³-hybridized carbons (Fsp3) is 0.167. The molecule has 0 radical (unpaired) electrons. The lowest BCUT2D eigenvalue weighted by molar-refractivity contribution is 0.319. The maximum absolute atomic E-state index is 5.82. The number of aromatic nitrogens is 1. The summed E-state index contributed by atoms with van der Waals surface area (Å²) in [7, 11) is 0. The van der Waals surface area contributed by atoms with E-state index in [0.717, 1.165) is 39.7 Å². The Morgan fingerprint density at radius 1 is 1.09 bits per heavy atom. The summed E-state index contributed by atoms with van der Waals surface area (Å²) >= 11 is 1.67. The number of thiazole rings is 1. The van der Waals surface area contributed by atoms with Gasteiger partial charge in [0.2, 0.25) is 0 Å². The molecule has 1 aromatic heterocycles. The van der Waals surface area contributed by atoms with Gasteiger partial charge in [0.05, 0.1) is 17.3 Å². The Balaban J connectivity index is 1.60. The summed E-state index contributed by atoms with van der Waals surface area (Å²) in [6.45, 7) is 2.69. The predicted molar refractivity (Wildman–Crippen MR) is 92.3 cm³/mol. The number of nitrogens with two attached hydrogens (primary N) is 1. The van der Waals surface area contributed by atoms with Crippen molar-refractivity contribution >= 4 is 17.0 Å². The Kier molecular flexibility index (Phi) is 4.39. The second kappa shape index (κ2) is 6.62. The van der Waals surface area contributed by atoms with Crippen molar-refractivity contribution in [2.75, 3.05) is 12.3 Å². The summed E-state index contributed by atoms with van der Waals surface area (Å²) in [6.07, 6.45) is 0.813. The van der Waals surface area contributed by atoms with Crippen LogP contribution in [0.4, 0.5) is 5.69 Å². The van der Waals surface area contributed by atoms with Gasteiger partial charge in [0.25, 0.3) is 0 Å². The van der Waals surface area contributed by atoms with Crippen LogP contribution in [0.2, 0.25) is 0 Å². The van der Waals surface area contributed by atoms with Gasteiger partial charge in [-0.15, -0.1) is 11.3 Å². The lowest BCUT2D eigenvalue weighted by Crippen LogP contribution is -2.02. The molecule has 2 N–H and O–H groups in total. The summed E-state index contributed by atoms with van der Waals surface area (Å²) in [4.78, 5) is 4.66. The number of hydrogen-bond donors (Lipinski definition) is 1. The number of ether oxygens (including phenoxy) is 1. The molecule has 4 heteroatoms. The van der Waals surface area contributed by atoms with Crippen LogP contribution in [0.1, 0.15) is 10.6 Å². The average Bonchev–Trinajstić information content (AvgIpc) is 2.99. The molecule has 0 fully saturated rings. The van der Waals surface area contributed by atoms with Crippen molar-refractivity contribution in [3.63, 3.8) is 0 Å². The minimum absolute atomic E-state index is 0.638. The highest BCUT2D eigenvalue weighted by molar-refractivity contribution is 7.09. The van der Waals surface area contributed by atoms with E-state index in [1.54, 1.807) is 11.3 Å². The van der Waals surface area contributed by atoms with E-state index in [9.17, 15) is 0 Å². The minimum atomic E-state index is 0.638. The molecule has 2 aromatic carbocycles. The largest absolute Gasteiger partial charge is 0.493 e. The van der Waals surface area contributed by atoms with E-state index in [2.05, 4.69) is 23.4 Å². The Morgan fingerprint density at radius 3 is 2.64 bits per heavy atom. The molecule has 0 atom stereocenters. The molecule has 3 aromatic rings. The summed E-state index contributed by atoms with van der Waals surface area (Å²) in [5.74, 6) is 0.942. The number of benzene rings is 2. The van der Waals surface area contributed by atoms with E-state index in [0.29, 0.717) is 6.61 Å². The molecule has 0 bridgehead atoms. The molecular weight excluding hydrogens is 292 g/mol. The third kappa shape index (κ3) is 3.46. The molecule has 0 unspecified atom stereocenters. The van der Waals surface area contributed by atoms with E-state index in [4.69, 9.17) is 10.5 Å². The van der Waals surface area contributed by atoms with Gasteiger partial charge in [-0.3, -0.25) is 0 Å². The topological polar surface area (TPSA) is 48.1 Å². The maximum Gasteiger partial charge on any atom is 0.122 e. The molecule has 0 aliphatic carbocycles. The first-order valence-corrected chi connectivity index (χ1v) is 8.09. The van der Waals surface area contributed by atoms with Crippen LogP contribution < -0.4 is 10.5 Å². The van der Waals surface area contributed by atoms with E-state index in [-0.39, 0.29) is 0 Å². The van der Waals surface area contributed by atoms with Crippen molar-refractivity contribution in [2.24, 2.45) is 0 Å². The fourth-order valence-corrected chi connectivity index (χ4v) is 2.97. The highest BCUT2D eigenvalue weighted by Gasteiger charge is 2.05. The van der Waals surface area contributed by atoms with Gasteiger partial charge in [0.1, 0.15) is 5.75 Å². The van der Waals surface area contributed by atoms with Crippen LogP contribution in [-0.2, 0) is 6.42 Å². The van der Waals surface area contributed by atoms with Crippen LogP contribution in [-0.4, -0.2) is 11.6 Å². The van der Waals surface area contributed by atoms with Crippen LogP contribution in [0.25, 0.3) is 11.3 Å². The molecule has 3 nitrogen and oxygen atoms in total. The van der Waals surface area contributed by atoms with Gasteiger partial charge in [-0.05, 0) is 30.7 Å². The van der Waals surface area contributed by atoms with E-state index in [1.165, 1.54) is 0 Å². The third-order valence-electron chi connectivity index (χ3n) is 3.43. The van der Waals surface area contributed by atoms with Crippen molar-refractivity contribution in [3.8, 4) is 17.0 Å². The molecule has 3 rings (SSSR count). The molecule has 22 heavy (non-hydrogen) atoms. The molecule has 112 valence electrons. The Hall–Kier alpha value is -2.33. The second-order valence-electron chi connectivity index (χ2n) is 5.11. The zero-order chi connectivity index (χ0) is 15.4. The summed E-state index contributed by atoms with van der Waals surface area (Å²) < 4.78 is 5.82. The highest BCUT2D eigenvalue weighted by Crippen LogP contribution is 2.23. The predicted octanol–water partition coefficient (Wildman–Crippen LogP) is 4.32. The molecule has 1 heterocycles. The monoisotopic (exact) mass is 310 g/mol. The SMILES string of the molecule is Cc1ccccc1OCCc1nc(-c2ccc(N)cc2)cs1. The fourth-order valence-electron chi connectivity index (χ4n) is 2.18. The molecule has 0 amide bonds. The smallest absolute Gasteiger partial charge is 0.122 e. The second-order valence-corrected chi connectivity index (χ2v) is 6.06. The summed E-state index contributed by atoms with van der Waals surface area (Å²) in [5, 5.41) is 3.16. The molecule has 0 aliphatic heterocycles. The van der Waals surface area contributed by atoms with Gasteiger partial charge in [0, 0.05) is 23.1 Å². The number of para-hydroxylation sites is 1. The summed E-state index contributed by atoms with van der Waals surface area (Å²) in [5.41, 5.74) is 9.72. The molecule has 0 aliphatic rings. The van der Waals surface area contributed by atoms with Crippen molar-refractivity contribution in [3.05, 3.63) is 64.5 Å². The lowest BCUT2D eigenvalue weighted by Gasteiger charge is -2.07. The molecule has 0 saturated carbocycles. The van der Waals surface area contributed by atoms with E-state index < -0.39 is 0 Å². The van der Waals surface area contributed by atoms with Gasteiger partial charge in [0.15, 0.2) is 0 Å². The van der Waals surface area contributed by atoms with Gasteiger partial charge in [-0.1, -0.05) is 30.3 Å². The number of nitrogens with zero attached hydrogens (tertiary/aromatic N) is 1. The van der Waals surface area contributed by atoms with Crippen molar-refractivity contribution in [1.82, 2.24) is 4.98 Å². The Bertz CT molecular complexity index is 750.